The summed E-state index contributed by atoms with van der Waals surface area (Å²) in [5.74, 6) is 0. The molecule has 0 aromatic carbocycles. The molecule has 0 aliphatic heterocycles. The normalized spacial score (nSPS) is 22.1. The monoisotopic (exact) mass is 277 g/mol. The molecule has 1 aliphatic carbocycles. The molecule has 1 saturated carbocycles. The first-order valence-electron chi connectivity index (χ1n) is 8.05. The van der Waals surface area contributed by atoms with Crippen LogP contribution in [0.1, 0.15) is 66.0 Å². The molecule has 0 unspecified atom stereocenters. The summed E-state index contributed by atoms with van der Waals surface area (Å²) < 4.78 is 2.13. The Morgan fingerprint density at radius 3 is 2.50 bits per heavy atom. The minimum Gasteiger partial charge on any atom is -0.308 e. The highest BCUT2D eigenvalue weighted by molar-refractivity contribution is 5.01. The van der Waals surface area contributed by atoms with Crippen molar-refractivity contribution >= 4 is 0 Å². The quantitative estimate of drug-likeness (QED) is 0.882. The van der Waals surface area contributed by atoms with Gasteiger partial charge in [0.2, 0.25) is 0 Å². The number of nitrogens with zero attached hydrogens (tertiary/aromatic N) is 2. The minimum atomic E-state index is 0.447. The summed E-state index contributed by atoms with van der Waals surface area (Å²) in [6.45, 7) is 13.8. The number of aromatic nitrogens is 2. The fourth-order valence-corrected chi connectivity index (χ4v) is 4.16. The van der Waals surface area contributed by atoms with Gasteiger partial charge >= 0.3 is 0 Å². The Morgan fingerprint density at radius 2 is 1.90 bits per heavy atom. The molecule has 0 spiro atoms. The molecule has 0 radical (unpaired) electrons. The average Bonchev–Trinajstić information content (AvgIpc) is 2.70. The lowest BCUT2D eigenvalue weighted by Gasteiger charge is -2.45. The summed E-state index contributed by atoms with van der Waals surface area (Å²) in [6.07, 6.45) is 6.93. The van der Waals surface area contributed by atoms with Crippen molar-refractivity contribution < 1.29 is 0 Å². The van der Waals surface area contributed by atoms with Gasteiger partial charge in [0, 0.05) is 25.3 Å². The summed E-state index contributed by atoms with van der Waals surface area (Å²) in [5, 5.41) is 8.18. The van der Waals surface area contributed by atoms with Crippen LogP contribution in [0.25, 0.3) is 0 Å². The van der Waals surface area contributed by atoms with Gasteiger partial charge in [0.05, 0.1) is 5.69 Å². The smallest absolute Gasteiger partial charge is 0.0522 e. The molecule has 0 bridgehead atoms. The van der Waals surface area contributed by atoms with E-state index in [-0.39, 0.29) is 0 Å². The Bertz CT molecular complexity index is 415. The van der Waals surface area contributed by atoms with E-state index in [1.54, 1.807) is 0 Å². The summed E-state index contributed by atoms with van der Waals surface area (Å²) >= 11 is 0. The van der Waals surface area contributed by atoms with E-state index < -0.39 is 0 Å². The third-order valence-corrected chi connectivity index (χ3v) is 4.37. The number of nitrogens with one attached hydrogen (secondary N) is 1. The van der Waals surface area contributed by atoms with E-state index in [4.69, 9.17) is 0 Å². The molecule has 0 atom stereocenters. The molecule has 2 rings (SSSR count). The predicted octanol–water partition coefficient (Wildman–Crippen LogP) is 3.99. The second kappa shape index (κ2) is 5.88. The van der Waals surface area contributed by atoms with Gasteiger partial charge in [0.1, 0.15) is 0 Å². The number of hydrogen-bond donors (Lipinski definition) is 1. The molecule has 1 fully saturated rings. The van der Waals surface area contributed by atoms with Crippen LogP contribution in [-0.4, -0.2) is 15.8 Å². The lowest BCUT2D eigenvalue weighted by atomic mass is 9.63. The Labute approximate surface area is 124 Å². The molecule has 0 amide bonds. The maximum Gasteiger partial charge on any atom is 0.0522 e. The highest BCUT2D eigenvalue weighted by atomic mass is 15.3. The Hall–Kier alpha value is -0.830. The van der Waals surface area contributed by atoms with Gasteiger partial charge in [-0.25, -0.2) is 0 Å². The molecule has 1 heterocycles. The number of hydrogen-bond acceptors (Lipinski definition) is 2. The molecule has 3 heteroatoms. The third-order valence-electron chi connectivity index (χ3n) is 4.37. The fourth-order valence-electron chi connectivity index (χ4n) is 4.16. The van der Waals surface area contributed by atoms with Gasteiger partial charge in [-0.1, -0.05) is 34.6 Å². The van der Waals surface area contributed by atoms with Gasteiger partial charge in [0.25, 0.3) is 0 Å². The van der Waals surface area contributed by atoms with E-state index in [0.717, 1.165) is 19.5 Å². The van der Waals surface area contributed by atoms with Gasteiger partial charge in [0.15, 0.2) is 0 Å². The zero-order valence-electron chi connectivity index (χ0n) is 13.9. The maximum atomic E-state index is 4.40. The van der Waals surface area contributed by atoms with E-state index in [2.05, 4.69) is 55.8 Å². The van der Waals surface area contributed by atoms with Crippen molar-refractivity contribution in [2.24, 2.45) is 10.8 Å². The summed E-state index contributed by atoms with van der Waals surface area (Å²) in [6, 6.07) is 2.76. The van der Waals surface area contributed by atoms with Crippen molar-refractivity contribution in [3.05, 3.63) is 18.0 Å². The SMILES string of the molecule is CCCn1nccc1CNC1CC(C)(C)CC(C)(C)C1. The Kier molecular flexibility index (Phi) is 4.58. The largest absolute Gasteiger partial charge is 0.308 e. The molecule has 1 aromatic heterocycles. The molecule has 3 nitrogen and oxygen atoms in total. The van der Waals surface area contributed by atoms with Crippen LogP contribution < -0.4 is 5.32 Å². The van der Waals surface area contributed by atoms with Gasteiger partial charge in [-0.2, -0.15) is 5.10 Å². The Balaban J connectivity index is 1.94. The van der Waals surface area contributed by atoms with E-state index >= 15 is 0 Å². The highest BCUT2D eigenvalue weighted by Crippen LogP contribution is 2.45. The third kappa shape index (κ3) is 4.08. The standard InChI is InChI=1S/C17H31N3/c1-6-9-20-15(7-8-19-20)12-18-14-10-16(2,3)13-17(4,5)11-14/h7-8,14,18H,6,9-13H2,1-5H3. The molecule has 1 aromatic rings. The number of rotatable bonds is 5. The van der Waals surface area contributed by atoms with Crippen molar-refractivity contribution in [3.63, 3.8) is 0 Å². The van der Waals surface area contributed by atoms with Crippen LogP contribution in [0.2, 0.25) is 0 Å². The zero-order valence-corrected chi connectivity index (χ0v) is 13.9. The predicted molar refractivity (Wildman–Crippen MR) is 84.6 cm³/mol. The maximum absolute atomic E-state index is 4.40. The molecule has 1 aliphatic rings. The van der Waals surface area contributed by atoms with Crippen LogP contribution in [0.4, 0.5) is 0 Å². The second-order valence-corrected chi connectivity index (χ2v) is 8.04. The van der Waals surface area contributed by atoms with Crippen LogP contribution in [0.5, 0.6) is 0 Å². The van der Waals surface area contributed by atoms with Crippen molar-refractivity contribution in [3.8, 4) is 0 Å². The van der Waals surface area contributed by atoms with Crippen LogP contribution in [-0.2, 0) is 13.1 Å². The summed E-state index contributed by atoms with van der Waals surface area (Å²) in [7, 11) is 0. The van der Waals surface area contributed by atoms with Crippen LogP contribution in [0.3, 0.4) is 0 Å². The number of aryl methyl sites for hydroxylation is 1. The molecule has 1 N–H and O–H groups in total. The second-order valence-electron chi connectivity index (χ2n) is 8.04. The first-order valence-corrected chi connectivity index (χ1v) is 8.05. The highest BCUT2D eigenvalue weighted by Gasteiger charge is 2.38. The van der Waals surface area contributed by atoms with Gasteiger partial charge in [-0.15, -0.1) is 0 Å². The average molecular weight is 277 g/mol. The molecule has 114 valence electrons. The Morgan fingerprint density at radius 1 is 1.25 bits per heavy atom. The lowest BCUT2D eigenvalue weighted by Crippen LogP contribution is -2.43. The van der Waals surface area contributed by atoms with E-state index in [1.165, 1.54) is 25.0 Å². The van der Waals surface area contributed by atoms with Crippen LogP contribution in [0, 0.1) is 10.8 Å². The van der Waals surface area contributed by atoms with Crippen molar-refractivity contribution in [2.45, 2.75) is 79.4 Å². The van der Waals surface area contributed by atoms with Gasteiger partial charge < -0.3 is 5.32 Å². The molecular weight excluding hydrogens is 246 g/mol. The van der Waals surface area contributed by atoms with Crippen LogP contribution >= 0.6 is 0 Å². The minimum absolute atomic E-state index is 0.447. The van der Waals surface area contributed by atoms with Gasteiger partial charge in [-0.05, 0) is 42.6 Å². The summed E-state index contributed by atoms with van der Waals surface area (Å²) in [5.41, 5.74) is 2.21. The van der Waals surface area contributed by atoms with Crippen molar-refractivity contribution in [1.82, 2.24) is 15.1 Å². The van der Waals surface area contributed by atoms with Crippen LogP contribution in [0.15, 0.2) is 12.3 Å². The van der Waals surface area contributed by atoms with E-state index in [1.807, 2.05) is 6.20 Å². The fraction of sp³-hybridized carbons (Fsp3) is 0.824. The first kappa shape index (κ1) is 15.6. The first-order chi connectivity index (χ1) is 9.31. The topological polar surface area (TPSA) is 29.9 Å². The van der Waals surface area contributed by atoms with Crippen molar-refractivity contribution in [1.29, 1.82) is 0 Å². The zero-order chi connectivity index (χ0) is 14.8. The van der Waals surface area contributed by atoms with Crippen molar-refractivity contribution in [2.75, 3.05) is 0 Å². The lowest BCUT2D eigenvalue weighted by molar-refractivity contribution is 0.0842. The van der Waals surface area contributed by atoms with E-state index in [9.17, 15) is 0 Å². The molecular formula is C17H31N3. The van der Waals surface area contributed by atoms with Gasteiger partial charge in [-0.3, -0.25) is 4.68 Å². The molecule has 0 saturated heterocycles. The molecule has 20 heavy (non-hydrogen) atoms. The van der Waals surface area contributed by atoms with E-state index in [0.29, 0.717) is 16.9 Å². The summed E-state index contributed by atoms with van der Waals surface area (Å²) in [4.78, 5) is 0.